The van der Waals surface area contributed by atoms with Gasteiger partial charge in [-0.15, -0.1) is 0 Å². The molecule has 2 rings (SSSR count). The number of para-hydroxylation sites is 1. The van der Waals surface area contributed by atoms with Crippen molar-refractivity contribution in [1.82, 2.24) is 0 Å². The highest BCUT2D eigenvalue weighted by Gasteiger charge is 2.24. The molecule has 14 heavy (non-hydrogen) atoms. The van der Waals surface area contributed by atoms with Crippen LogP contribution in [-0.4, -0.2) is 11.9 Å². The van der Waals surface area contributed by atoms with E-state index in [2.05, 4.69) is 0 Å². The predicted molar refractivity (Wildman–Crippen MR) is 49.7 cm³/mol. The van der Waals surface area contributed by atoms with Crippen molar-refractivity contribution in [1.29, 1.82) is 0 Å². The van der Waals surface area contributed by atoms with Crippen molar-refractivity contribution in [2.24, 2.45) is 0 Å². The van der Waals surface area contributed by atoms with Gasteiger partial charge in [-0.1, -0.05) is 12.1 Å². The van der Waals surface area contributed by atoms with Crippen LogP contribution in [0.1, 0.15) is 19.3 Å². The van der Waals surface area contributed by atoms with Crippen molar-refractivity contribution in [3.63, 3.8) is 0 Å². The van der Waals surface area contributed by atoms with Crippen LogP contribution in [0.15, 0.2) is 24.3 Å². The maximum atomic E-state index is 13.1. The summed E-state index contributed by atoms with van der Waals surface area (Å²) in [6.45, 7) is 0. The van der Waals surface area contributed by atoms with E-state index in [0.717, 1.165) is 0 Å². The van der Waals surface area contributed by atoms with Gasteiger partial charge >= 0.3 is 0 Å². The van der Waals surface area contributed by atoms with Crippen LogP contribution in [0.4, 0.5) is 4.39 Å². The van der Waals surface area contributed by atoms with Gasteiger partial charge in [0.25, 0.3) is 0 Å². The van der Waals surface area contributed by atoms with Crippen LogP contribution in [-0.2, 0) is 4.79 Å². The van der Waals surface area contributed by atoms with Crippen molar-refractivity contribution >= 4 is 5.78 Å². The van der Waals surface area contributed by atoms with Crippen molar-refractivity contribution in [2.75, 3.05) is 0 Å². The largest absolute Gasteiger partial charge is 0.487 e. The van der Waals surface area contributed by atoms with E-state index in [1.54, 1.807) is 18.2 Å². The number of Topliss-reactive ketones (excluding diaryl/α,β-unsaturated/α-hetero) is 1. The van der Waals surface area contributed by atoms with E-state index in [1.165, 1.54) is 6.07 Å². The lowest BCUT2D eigenvalue weighted by Crippen LogP contribution is -2.12. The van der Waals surface area contributed by atoms with E-state index in [4.69, 9.17) is 4.74 Å². The van der Waals surface area contributed by atoms with Gasteiger partial charge in [-0.05, 0) is 18.6 Å². The Morgan fingerprint density at radius 3 is 2.79 bits per heavy atom. The molecule has 0 heterocycles. The number of ether oxygens (including phenoxy) is 1. The molecular formula is C11H11FO2. The van der Waals surface area contributed by atoms with Gasteiger partial charge in [0, 0.05) is 12.8 Å². The molecule has 1 aliphatic rings. The third-order valence-corrected chi connectivity index (χ3v) is 2.33. The zero-order valence-corrected chi connectivity index (χ0v) is 7.70. The molecule has 2 nitrogen and oxygen atoms in total. The van der Waals surface area contributed by atoms with Crippen LogP contribution >= 0.6 is 0 Å². The minimum Gasteiger partial charge on any atom is -0.487 e. The Bertz CT molecular complexity index is 349. The highest BCUT2D eigenvalue weighted by Crippen LogP contribution is 2.23. The first kappa shape index (κ1) is 9.19. The molecule has 0 N–H and O–H groups in total. The number of ketones is 1. The highest BCUT2D eigenvalue weighted by molar-refractivity contribution is 5.81. The van der Waals surface area contributed by atoms with Crippen molar-refractivity contribution in [3.05, 3.63) is 30.1 Å². The maximum absolute atomic E-state index is 13.1. The van der Waals surface area contributed by atoms with Crippen molar-refractivity contribution in [2.45, 2.75) is 25.4 Å². The Balaban J connectivity index is 2.04. The third-order valence-electron chi connectivity index (χ3n) is 2.33. The number of benzene rings is 1. The van der Waals surface area contributed by atoms with Crippen molar-refractivity contribution in [3.8, 4) is 5.75 Å². The summed E-state index contributed by atoms with van der Waals surface area (Å²) < 4.78 is 18.5. The summed E-state index contributed by atoms with van der Waals surface area (Å²) >= 11 is 0. The molecule has 0 amide bonds. The monoisotopic (exact) mass is 194 g/mol. The second-order valence-electron chi connectivity index (χ2n) is 3.45. The summed E-state index contributed by atoms with van der Waals surface area (Å²) in [6.07, 6.45) is 1.53. The molecular weight excluding hydrogens is 183 g/mol. The van der Waals surface area contributed by atoms with Crippen molar-refractivity contribution < 1.29 is 13.9 Å². The average molecular weight is 194 g/mol. The topological polar surface area (TPSA) is 26.3 Å². The number of halogens is 1. The standard InChI is InChI=1S/C11H11FO2/c12-10-3-1-2-4-11(10)14-9-6-5-8(13)7-9/h1-4,9H,5-7H2. The third kappa shape index (κ3) is 1.92. The summed E-state index contributed by atoms with van der Waals surface area (Å²) in [5, 5.41) is 0. The molecule has 1 saturated carbocycles. The molecule has 1 aliphatic carbocycles. The molecule has 0 saturated heterocycles. The Morgan fingerprint density at radius 1 is 1.36 bits per heavy atom. The predicted octanol–water partition coefficient (Wildman–Crippen LogP) is 2.33. The molecule has 0 radical (unpaired) electrons. The Morgan fingerprint density at radius 2 is 2.14 bits per heavy atom. The first-order chi connectivity index (χ1) is 6.75. The summed E-state index contributed by atoms with van der Waals surface area (Å²) in [4.78, 5) is 11.0. The molecule has 3 heteroatoms. The van der Waals surface area contributed by atoms with Gasteiger partial charge in [-0.2, -0.15) is 0 Å². The van der Waals surface area contributed by atoms with Crippen LogP contribution in [0.2, 0.25) is 0 Å². The van der Waals surface area contributed by atoms with E-state index in [9.17, 15) is 9.18 Å². The van der Waals surface area contributed by atoms with Gasteiger partial charge in [-0.3, -0.25) is 4.79 Å². The minimum atomic E-state index is -0.369. The lowest BCUT2D eigenvalue weighted by molar-refractivity contribution is -0.117. The summed E-state index contributed by atoms with van der Waals surface area (Å²) in [7, 11) is 0. The molecule has 74 valence electrons. The molecule has 1 unspecified atom stereocenters. The highest BCUT2D eigenvalue weighted by atomic mass is 19.1. The van der Waals surface area contributed by atoms with Gasteiger partial charge in [0.15, 0.2) is 11.6 Å². The average Bonchev–Trinajstić information content (AvgIpc) is 2.56. The molecule has 0 bridgehead atoms. The lowest BCUT2D eigenvalue weighted by atomic mass is 10.3. The first-order valence-electron chi connectivity index (χ1n) is 4.68. The van der Waals surface area contributed by atoms with E-state index in [0.29, 0.717) is 19.3 Å². The molecule has 1 aromatic rings. The smallest absolute Gasteiger partial charge is 0.165 e. The van der Waals surface area contributed by atoms with Crippen LogP contribution in [0, 0.1) is 5.82 Å². The molecule has 0 spiro atoms. The number of carbonyl (C=O) groups excluding carboxylic acids is 1. The van der Waals surface area contributed by atoms with E-state index < -0.39 is 0 Å². The fourth-order valence-electron chi connectivity index (χ4n) is 1.60. The summed E-state index contributed by atoms with van der Waals surface area (Å²) in [5.74, 6) is 0.0744. The Hall–Kier alpha value is -1.38. The van der Waals surface area contributed by atoms with Gasteiger partial charge < -0.3 is 4.74 Å². The summed E-state index contributed by atoms with van der Waals surface area (Å²) in [5.41, 5.74) is 0. The van der Waals surface area contributed by atoms with Crippen LogP contribution < -0.4 is 4.74 Å². The van der Waals surface area contributed by atoms with Gasteiger partial charge in [0.2, 0.25) is 0 Å². The van der Waals surface area contributed by atoms with Crippen LogP contribution in [0.25, 0.3) is 0 Å². The number of rotatable bonds is 2. The number of hydrogen-bond donors (Lipinski definition) is 0. The number of carbonyl (C=O) groups is 1. The SMILES string of the molecule is O=C1CCC(Oc2ccccc2F)C1. The van der Waals surface area contributed by atoms with E-state index in [-0.39, 0.29) is 23.5 Å². The molecule has 1 fully saturated rings. The Kier molecular flexibility index (Phi) is 2.48. The van der Waals surface area contributed by atoms with Gasteiger partial charge in [0.05, 0.1) is 0 Å². The molecule has 1 aromatic carbocycles. The van der Waals surface area contributed by atoms with Crippen LogP contribution in [0.5, 0.6) is 5.75 Å². The van der Waals surface area contributed by atoms with Gasteiger partial charge in [0.1, 0.15) is 11.9 Å². The zero-order chi connectivity index (χ0) is 9.97. The lowest BCUT2D eigenvalue weighted by Gasteiger charge is -2.12. The molecule has 1 atom stereocenters. The minimum absolute atomic E-state index is 0.139. The Labute approximate surface area is 81.7 Å². The first-order valence-corrected chi connectivity index (χ1v) is 4.68. The normalized spacial score (nSPS) is 21.2. The van der Waals surface area contributed by atoms with Crippen LogP contribution in [0.3, 0.4) is 0 Å². The van der Waals surface area contributed by atoms with E-state index in [1.807, 2.05) is 0 Å². The maximum Gasteiger partial charge on any atom is 0.165 e. The quantitative estimate of drug-likeness (QED) is 0.722. The second-order valence-corrected chi connectivity index (χ2v) is 3.45. The fraction of sp³-hybridized carbons (Fsp3) is 0.364. The number of hydrogen-bond acceptors (Lipinski definition) is 2. The van der Waals surface area contributed by atoms with Gasteiger partial charge in [-0.25, -0.2) is 4.39 Å². The molecule has 0 aromatic heterocycles. The second kappa shape index (κ2) is 3.78. The van der Waals surface area contributed by atoms with E-state index >= 15 is 0 Å². The molecule has 0 aliphatic heterocycles. The fourth-order valence-corrected chi connectivity index (χ4v) is 1.60. The zero-order valence-electron chi connectivity index (χ0n) is 7.70. The summed E-state index contributed by atoms with van der Waals surface area (Å²) in [6, 6.07) is 6.27.